The SMILES string of the molecule is CN=C(NCc1cccc(C(=O)OCc2ccccc2)c1)N1CCOC(C2CCCO2)C1. The van der Waals surface area contributed by atoms with Crippen molar-refractivity contribution in [1.29, 1.82) is 0 Å². The van der Waals surface area contributed by atoms with E-state index >= 15 is 0 Å². The van der Waals surface area contributed by atoms with Crippen LogP contribution < -0.4 is 5.32 Å². The second-order valence-electron chi connectivity index (χ2n) is 8.07. The summed E-state index contributed by atoms with van der Waals surface area (Å²) in [4.78, 5) is 19.1. The van der Waals surface area contributed by atoms with E-state index in [1.165, 1.54) is 0 Å². The maximum Gasteiger partial charge on any atom is 0.338 e. The van der Waals surface area contributed by atoms with E-state index in [-0.39, 0.29) is 24.8 Å². The molecule has 4 rings (SSSR count). The summed E-state index contributed by atoms with van der Waals surface area (Å²) in [7, 11) is 1.79. The van der Waals surface area contributed by atoms with Crippen molar-refractivity contribution in [3.63, 3.8) is 0 Å². The Hall–Kier alpha value is -2.90. The molecule has 32 heavy (non-hydrogen) atoms. The predicted octanol–water partition coefficient (Wildman–Crippen LogP) is 3.00. The number of nitrogens with one attached hydrogen (secondary N) is 1. The van der Waals surface area contributed by atoms with E-state index in [9.17, 15) is 4.79 Å². The average molecular weight is 438 g/mol. The average Bonchev–Trinajstić information content (AvgIpc) is 3.39. The third-order valence-electron chi connectivity index (χ3n) is 5.81. The molecule has 2 aromatic carbocycles. The van der Waals surface area contributed by atoms with Gasteiger partial charge in [0.1, 0.15) is 12.7 Å². The number of morpholine rings is 1. The van der Waals surface area contributed by atoms with Gasteiger partial charge in [0, 0.05) is 33.3 Å². The summed E-state index contributed by atoms with van der Waals surface area (Å²) in [5.41, 5.74) is 2.50. The van der Waals surface area contributed by atoms with Crippen LogP contribution in [0.4, 0.5) is 0 Å². The highest BCUT2D eigenvalue weighted by Crippen LogP contribution is 2.21. The third-order valence-corrected chi connectivity index (χ3v) is 5.81. The zero-order valence-electron chi connectivity index (χ0n) is 18.5. The summed E-state index contributed by atoms with van der Waals surface area (Å²) in [5, 5.41) is 3.42. The lowest BCUT2D eigenvalue weighted by Crippen LogP contribution is -2.53. The van der Waals surface area contributed by atoms with E-state index in [0.29, 0.717) is 18.7 Å². The van der Waals surface area contributed by atoms with Crippen molar-refractivity contribution in [1.82, 2.24) is 10.2 Å². The highest BCUT2D eigenvalue weighted by Gasteiger charge is 2.32. The topological polar surface area (TPSA) is 72.4 Å². The second-order valence-corrected chi connectivity index (χ2v) is 8.07. The van der Waals surface area contributed by atoms with Gasteiger partial charge in [-0.2, -0.15) is 0 Å². The number of esters is 1. The number of hydrogen-bond donors (Lipinski definition) is 1. The van der Waals surface area contributed by atoms with Gasteiger partial charge in [-0.15, -0.1) is 0 Å². The Kier molecular flexibility index (Phi) is 7.74. The standard InChI is InChI=1S/C25H31N3O4/c1-26-25(28-12-14-31-23(17-28)22-11-6-13-30-22)27-16-20-9-5-10-21(15-20)24(29)32-18-19-7-3-2-4-8-19/h2-5,7-10,15,22-23H,6,11-14,16-18H2,1H3,(H,26,27). The Morgan fingerprint density at radius 1 is 1.09 bits per heavy atom. The van der Waals surface area contributed by atoms with Gasteiger partial charge >= 0.3 is 5.97 Å². The molecule has 7 nitrogen and oxygen atoms in total. The summed E-state index contributed by atoms with van der Waals surface area (Å²) >= 11 is 0. The molecule has 0 amide bonds. The molecule has 0 aliphatic carbocycles. The van der Waals surface area contributed by atoms with E-state index in [2.05, 4.69) is 15.2 Å². The minimum atomic E-state index is -0.326. The molecular weight excluding hydrogens is 406 g/mol. The summed E-state index contributed by atoms with van der Waals surface area (Å²) < 4.78 is 17.2. The molecule has 2 heterocycles. The minimum absolute atomic E-state index is 0.0764. The van der Waals surface area contributed by atoms with Gasteiger partial charge in [-0.1, -0.05) is 42.5 Å². The molecule has 0 aromatic heterocycles. The molecule has 2 aromatic rings. The van der Waals surface area contributed by atoms with Crippen molar-refractivity contribution in [2.75, 3.05) is 33.4 Å². The largest absolute Gasteiger partial charge is 0.457 e. The molecular formula is C25H31N3O4. The molecule has 0 bridgehead atoms. The van der Waals surface area contributed by atoms with E-state index in [0.717, 1.165) is 49.6 Å². The Morgan fingerprint density at radius 2 is 1.91 bits per heavy atom. The predicted molar refractivity (Wildman–Crippen MR) is 122 cm³/mol. The molecule has 7 heteroatoms. The van der Waals surface area contributed by atoms with Crippen molar-refractivity contribution in [2.45, 2.75) is 38.2 Å². The molecule has 2 atom stereocenters. The van der Waals surface area contributed by atoms with E-state index in [1.807, 2.05) is 48.5 Å². The van der Waals surface area contributed by atoms with Crippen molar-refractivity contribution in [2.24, 2.45) is 4.99 Å². The number of aliphatic imine (C=N–C) groups is 1. The number of guanidine groups is 1. The first-order valence-electron chi connectivity index (χ1n) is 11.2. The summed E-state index contributed by atoms with van der Waals surface area (Å²) in [6.07, 6.45) is 2.40. The molecule has 0 spiro atoms. The summed E-state index contributed by atoms with van der Waals surface area (Å²) in [5.74, 6) is 0.501. The fourth-order valence-electron chi connectivity index (χ4n) is 4.12. The molecule has 2 aliphatic heterocycles. The number of benzene rings is 2. The monoisotopic (exact) mass is 437 g/mol. The number of ether oxygens (including phenoxy) is 3. The smallest absolute Gasteiger partial charge is 0.338 e. The number of carbonyl (C=O) groups excluding carboxylic acids is 1. The van der Waals surface area contributed by atoms with Crippen LogP contribution in [0.25, 0.3) is 0 Å². The van der Waals surface area contributed by atoms with E-state index in [4.69, 9.17) is 14.2 Å². The Morgan fingerprint density at radius 3 is 2.69 bits per heavy atom. The Bertz CT molecular complexity index is 912. The van der Waals surface area contributed by atoms with Gasteiger partial charge < -0.3 is 24.4 Å². The zero-order chi connectivity index (χ0) is 22.2. The third kappa shape index (κ3) is 5.87. The lowest BCUT2D eigenvalue weighted by molar-refractivity contribution is -0.0817. The lowest BCUT2D eigenvalue weighted by atomic mass is 10.1. The van der Waals surface area contributed by atoms with Gasteiger partial charge in [-0.3, -0.25) is 4.99 Å². The van der Waals surface area contributed by atoms with Crippen LogP contribution in [0.15, 0.2) is 59.6 Å². The maximum absolute atomic E-state index is 12.5. The molecule has 2 saturated heterocycles. The molecule has 0 radical (unpaired) electrons. The summed E-state index contributed by atoms with van der Waals surface area (Å²) in [6, 6.07) is 17.2. The lowest BCUT2D eigenvalue weighted by Gasteiger charge is -2.37. The molecule has 170 valence electrons. The van der Waals surface area contributed by atoms with Gasteiger partial charge in [-0.05, 0) is 36.1 Å². The first-order chi connectivity index (χ1) is 15.7. The molecule has 2 unspecified atom stereocenters. The molecule has 0 saturated carbocycles. The van der Waals surface area contributed by atoms with Crippen molar-refractivity contribution in [3.05, 3.63) is 71.3 Å². The number of nitrogens with zero attached hydrogens (tertiary/aromatic N) is 2. The molecule has 2 fully saturated rings. The van der Waals surface area contributed by atoms with Crippen LogP contribution in [0.1, 0.15) is 34.3 Å². The highest BCUT2D eigenvalue weighted by atomic mass is 16.5. The van der Waals surface area contributed by atoms with Gasteiger partial charge in [0.15, 0.2) is 5.96 Å². The first kappa shape index (κ1) is 22.3. The van der Waals surface area contributed by atoms with Crippen LogP contribution in [0.5, 0.6) is 0 Å². The Balaban J connectivity index is 1.31. The van der Waals surface area contributed by atoms with Crippen LogP contribution >= 0.6 is 0 Å². The quantitative estimate of drug-likeness (QED) is 0.426. The molecule has 1 N–H and O–H groups in total. The second kappa shape index (κ2) is 11.1. The molecule has 2 aliphatic rings. The van der Waals surface area contributed by atoms with Gasteiger partial charge in [-0.25, -0.2) is 4.79 Å². The van der Waals surface area contributed by atoms with E-state index < -0.39 is 0 Å². The number of hydrogen-bond acceptors (Lipinski definition) is 5. The normalized spacial score (nSPS) is 21.4. The Labute approximate surface area is 189 Å². The van der Waals surface area contributed by atoms with Crippen LogP contribution in [-0.4, -0.2) is 62.4 Å². The zero-order valence-corrected chi connectivity index (χ0v) is 18.5. The maximum atomic E-state index is 12.5. The van der Waals surface area contributed by atoms with Crippen molar-refractivity contribution in [3.8, 4) is 0 Å². The van der Waals surface area contributed by atoms with Crippen LogP contribution in [0.2, 0.25) is 0 Å². The minimum Gasteiger partial charge on any atom is -0.457 e. The van der Waals surface area contributed by atoms with Gasteiger partial charge in [0.2, 0.25) is 0 Å². The number of rotatable bonds is 6. The van der Waals surface area contributed by atoms with Gasteiger partial charge in [0.05, 0.1) is 18.3 Å². The van der Waals surface area contributed by atoms with Crippen LogP contribution in [-0.2, 0) is 27.4 Å². The highest BCUT2D eigenvalue weighted by molar-refractivity contribution is 5.89. The number of carbonyl (C=O) groups is 1. The van der Waals surface area contributed by atoms with Gasteiger partial charge in [0.25, 0.3) is 0 Å². The van der Waals surface area contributed by atoms with E-state index in [1.54, 1.807) is 13.1 Å². The fourth-order valence-corrected chi connectivity index (χ4v) is 4.12. The van der Waals surface area contributed by atoms with Crippen molar-refractivity contribution < 1.29 is 19.0 Å². The van der Waals surface area contributed by atoms with Crippen LogP contribution in [0, 0.1) is 0 Å². The summed E-state index contributed by atoms with van der Waals surface area (Å²) in [6.45, 7) is 3.85. The first-order valence-corrected chi connectivity index (χ1v) is 11.2. The van der Waals surface area contributed by atoms with Crippen LogP contribution in [0.3, 0.4) is 0 Å². The van der Waals surface area contributed by atoms with Crippen molar-refractivity contribution >= 4 is 11.9 Å². The fraction of sp³-hybridized carbons (Fsp3) is 0.440.